The van der Waals surface area contributed by atoms with E-state index < -0.39 is 0 Å². The van der Waals surface area contributed by atoms with Crippen LogP contribution in [-0.2, 0) is 9.47 Å². The van der Waals surface area contributed by atoms with Gasteiger partial charge in [-0.25, -0.2) is 0 Å². The zero-order chi connectivity index (χ0) is 14.1. The van der Waals surface area contributed by atoms with Gasteiger partial charge in [0.1, 0.15) is 5.75 Å². The minimum atomic E-state index is -0.116. The van der Waals surface area contributed by atoms with E-state index in [0.717, 1.165) is 11.3 Å². The minimum Gasteiger partial charge on any atom is -0.491 e. The Morgan fingerprint density at radius 1 is 1.05 bits per heavy atom. The lowest BCUT2D eigenvalue weighted by molar-refractivity contribution is 0.0473. The van der Waals surface area contributed by atoms with Crippen LogP contribution >= 0.6 is 0 Å². The molecular formula is C15H25NO3. The predicted molar refractivity (Wildman–Crippen MR) is 76.4 cm³/mol. The van der Waals surface area contributed by atoms with E-state index in [9.17, 15) is 0 Å². The van der Waals surface area contributed by atoms with E-state index in [1.807, 2.05) is 45.0 Å². The van der Waals surface area contributed by atoms with Crippen LogP contribution in [0.25, 0.3) is 0 Å². The lowest BCUT2D eigenvalue weighted by atomic mass is 10.1. The van der Waals surface area contributed by atoms with E-state index in [1.54, 1.807) is 0 Å². The Morgan fingerprint density at radius 3 is 2.26 bits per heavy atom. The molecule has 0 amide bonds. The Labute approximate surface area is 115 Å². The second kappa shape index (κ2) is 8.91. The monoisotopic (exact) mass is 267 g/mol. The highest BCUT2D eigenvalue weighted by molar-refractivity contribution is 5.29. The summed E-state index contributed by atoms with van der Waals surface area (Å²) < 4.78 is 16.2. The lowest BCUT2D eigenvalue weighted by Gasteiger charge is -2.14. The molecule has 4 nitrogen and oxygen atoms in total. The van der Waals surface area contributed by atoms with Crippen molar-refractivity contribution in [3.63, 3.8) is 0 Å². The van der Waals surface area contributed by atoms with Crippen LogP contribution in [0, 0.1) is 0 Å². The molecule has 0 spiro atoms. The standard InChI is InChI=1S/C15H25NO3/c1-4-17-9-10-18-11-15(16)13-5-7-14(8-6-13)19-12(2)3/h5-8,12,15H,4,9-11,16H2,1-3H3. The number of rotatable bonds is 9. The number of hydrogen-bond acceptors (Lipinski definition) is 4. The van der Waals surface area contributed by atoms with Gasteiger partial charge in [0.05, 0.1) is 32.0 Å². The van der Waals surface area contributed by atoms with Crippen molar-refractivity contribution in [2.45, 2.75) is 32.9 Å². The van der Waals surface area contributed by atoms with E-state index in [-0.39, 0.29) is 12.1 Å². The van der Waals surface area contributed by atoms with Gasteiger partial charge in [-0.3, -0.25) is 0 Å². The minimum absolute atomic E-state index is 0.116. The number of benzene rings is 1. The highest BCUT2D eigenvalue weighted by atomic mass is 16.5. The van der Waals surface area contributed by atoms with Crippen molar-refractivity contribution in [2.24, 2.45) is 5.73 Å². The molecule has 1 aromatic rings. The highest BCUT2D eigenvalue weighted by Gasteiger charge is 2.06. The van der Waals surface area contributed by atoms with E-state index >= 15 is 0 Å². The average Bonchev–Trinajstić information content (AvgIpc) is 2.38. The molecule has 1 aromatic carbocycles. The zero-order valence-electron chi connectivity index (χ0n) is 12.1. The molecule has 19 heavy (non-hydrogen) atoms. The first kappa shape index (κ1) is 16.0. The summed E-state index contributed by atoms with van der Waals surface area (Å²) in [5, 5.41) is 0. The maximum absolute atomic E-state index is 6.05. The predicted octanol–water partition coefficient (Wildman–Crippen LogP) is 2.53. The highest BCUT2D eigenvalue weighted by Crippen LogP contribution is 2.17. The average molecular weight is 267 g/mol. The second-order valence-corrected chi connectivity index (χ2v) is 4.61. The van der Waals surface area contributed by atoms with Crippen molar-refractivity contribution in [1.82, 2.24) is 0 Å². The number of ether oxygens (including phenoxy) is 3. The van der Waals surface area contributed by atoms with Crippen molar-refractivity contribution in [1.29, 1.82) is 0 Å². The molecule has 0 radical (unpaired) electrons. The molecule has 1 unspecified atom stereocenters. The van der Waals surface area contributed by atoms with Crippen LogP contribution in [0.15, 0.2) is 24.3 Å². The van der Waals surface area contributed by atoms with Gasteiger partial charge in [-0.1, -0.05) is 12.1 Å². The van der Waals surface area contributed by atoms with Gasteiger partial charge in [0.15, 0.2) is 0 Å². The summed E-state index contributed by atoms with van der Waals surface area (Å²) in [6.07, 6.45) is 0.182. The topological polar surface area (TPSA) is 53.7 Å². The van der Waals surface area contributed by atoms with Crippen molar-refractivity contribution >= 4 is 0 Å². The lowest BCUT2D eigenvalue weighted by Crippen LogP contribution is -2.18. The van der Waals surface area contributed by atoms with Gasteiger partial charge in [-0.05, 0) is 38.5 Å². The maximum atomic E-state index is 6.05. The van der Waals surface area contributed by atoms with Crippen LogP contribution in [0.2, 0.25) is 0 Å². The van der Waals surface area contributed by atoms with Gasteiger partial charge in [0, 0.05) is 6.61 Å². The molecule has 0 saturated carbocycles. The van der Waals surface area contributed by atoms with Crippen LogP contribution in [0.4, 0.5) is 0 Å². The van der Waals surface area contributed by atoms with Crippen molar-refractivity contribution in [3.05, 3.63) is 29.8 Å². The fourth-order valence-electron chi connectivity index (χ4n) is 1.63. The molecule has 0 aliphatic carbocycles. The molecule has 0 saturated heterocycles. The fraction of sp³-hybridized carbons (Fsp3) is 0.600. The largest absolute Gasteiger partial charge is 0.491 e. The first-order valence-electron chi connectivity index (χ1n) is 6.81. The molecule has 0 fully saturated rings. The molecule has 0 heterocycles. The van der Waals surface area contributed by atoms with Crippen molar-refractivity contribution < 1.29 is 14.2 Å². The van der Waals surface area contributed by atoms with Crippen LogP contribution in [0.5, 0.6) is 5.75 Å². The SMILES string of the molecule is CCOCCOCC(N)c1ccc(OC(C)C)cc1. The Kier molecular flexibility index (Phi) is 7.48. The first-order valence-corrected chi connectivity index (χ1v) is 6.81. The molecule has 0 aromatic heterocycles. The summed E-state index contributed by atoms with van der Waals surface area (Å²) in [4.78, 5) is 0. The van der Waals surface area contributed by atoms with Gasteiger partial charge in [-0.15, -0.1) is 0 Å². The maximum Gasteiger partial charge on any atom is 0.119 e. The second-order valence-electron chi connectivity index (χ2n) is 4.61. The molecule has 0 bridgehead atoms. The van der Waals surface area contributed by atoms with Gasteiger partial charge >= 0.3 is 0 Å². The quantitative estimate of drug-likeness (QED) is 0.699. The molecule has 1 atom stereocenters. The van der Waals surface area contributed by atoms with E-state index in [1.165, 1.54) is 0 Å². The third kappa shape index (κ3) is 6.57. The van der Waals surface area contributed by atoms with Crippen molar-refractivity contribution in [3.8, 4) is 5.75 Å². The number of hydrogen-bond donors (Lipinski definition) is 1. The van der Waals surface area contributed by atoms with E-state index in [4.69, 9.17) is 19.9 Å². The Bertz CT molecular complexity index is 338. The van der Waals surface area contributed by atoms with Gasteiger partial charge in [-0.2, -0.15) is 0 Å². The van der Waals surface area contributed by atoms with Crippen LogP contribution < -0.4 is 10.5 Å². The van der Waals surface area contributed by atoms with E-state index in [2.05, 4.69) is 0 Å². The summed E-state index contributed by atoms with van der Waals surface area (Å²) in [5.41, 5.74) is 7.10. The van der Waals surface area contributed by atoms with Gasteiger partial charge in [0.25, 0.3) is 0 Å². The molecule has 4 heteroatoms. The van der Waals surface area contributed by atoms with Crippen LogP contribution in [0.3, 0.4) is 0 Å². The molecule has 0 aliphatic rings. The Morgan fingerprint density at radius 2 is 1.68 bits per heavy atom. The van der Waals surface area contributed by atoms with Gasteiger partial charge in [0.2, 0.25) is 0 Å². The van der Waals surface area contributed by atoms with Gasteiger partial charge < -0.3 is 19.9 Å². The summed E-state index contributed by atoms with van der Waals surface area (Å²) in [7, 11) is 0. The molecule has 2 N–H and O–H groups in total. The molecule has 1 rings (SSSR count). The van der Waals surface area contributed by atoms with Crippen molar-refractivity contribution in [2.75, 3.05) is 26.4 Å². The summed E-state index contributed by atoms with van der Waals surface area (Å²) >= 11 is 0. The van der Waals surface area contributed by atoms with Crippen LogP contribution in [0.1, 0.15) is 32.4 Å². The molecular weight excluding hydrogens is 242 g/mol. The Hall–Kier alpha value is -1.10. The number of nitrogens with two attached hydrogens (primary N) is 1. The first-order chi connectivity index (χ1) is 9.13. The Balaban J connectivity index is 2.33. The van der Waals surface area contributed by atoms with Crippen LogP contribution in [-0.4, -0.2) is 32.5 Å². The smallest absolute Gasteiger partial charge is 0.119 e. The normalized spacial score (nSPS) is 12.7. The van der Waals surface area contributed by atoms with E-state index in [0.29, 0.717) is 26.4 Å². The molecule has 0 aliphatic heterocycles. The summed E-state index contributed by atoms with van der Waals surface area (Å²) in [6, 6.07) is 7.72. The summed E-state index contributed by atoms with van der Waals surface area (Å²) in [6.45, 7) is 8.38. The fourth-order valence-corrected chi connectivity index (χ4v) is 1.63. The third-order valence-corrected chi connectivity index (χ3v) is 2.55. The third-order valence-electron chi connectivity index (χ3n) is 2.55. The molecule has 108 valence electrons. The zero-order valence-corrected chi connectivity index (χ0v) is 12.1. The summed E-state index contributed by atoms with van der Waals surface area (Å²) in [5.74, 6) is 0.864.